The molecule has 0 unspecified atom stereocenters. The lowest BCUT2D eigenvalue weighted by molar-refractivity contribution is -0.0504. The van der Waals surface area contributed by atoms with E-state index in [1.165, 1.54) is 44.1 Å². The van der Waals surface area contributed by atoms with Gasteiger partial charge in [-0.15, -0.1) is 0 Å². The Morgan fingerprint density at radius 2 is 1.67 bits per heavy atom. The van der Waals surface area contributed by atoms with E-state index < -0.39 is 0 Å². The van der Waals surface area contributed by atoms with Gasteiger partial charge >= 0.3 is 0 Å². The van der Waals surface area contributed by atoms with E-state index in [1.807, 2.05) is 18.2 Å². The fourth-order valence-corrected chi connectivity index (χ4v) is 6.54. The number of nitrogens with one attached hydrogen (secondary N) is 1. The Balaban J connectivity index is 1.14. The van der Waals surface area contributed by atoms with Gasteiger partial charge in [0.15, 0.2) is 5.76 Å². The number of amides is 1. The molecule has 1 heterocycles. The number of hydrogen-bond acceptors (Lipinski definition) is 3. The van der Waals surface area contributed by atoms with E-state index in [-0.39, 0.29) is 5.91 Å². The highest BCUT2D eigenvalue weighted by molar-refractivity contribution is 5.91. The number of carbonyl (C=O) groups is 1. The second kappa shape index (κ2) is 7.79. The zero-order valence-electron chi connectivity index (χ0n) is 18.2. The van der Waals surface area contributed by atoms with E-state index in [1.54, 1.807) is 6.07 Å². The summed E-state index contributed by atoms with van der Waals surface area (Å²) < 4.78 is 11.6. The SMILES string of the molecule is CC(C)c1ccc(OCc2ccc(C(=O)NCC34CC5CC(CC(C5)C3)C4)o2)cc1. The summed E-state index contributed by atoms with van der Waals surface area (Å²) in [5.74, 6) is 4.96. The Kier molecular flexibility index (Phi) is 5.12. The molecular formula is C26H33NO3. The lowest BCUT2D eigenvalue weighted by Crippen LogP contribution is -2.51. The molecular weight excluding hydrogens is 374 g/mol. The molecule has 1 amide bonds. The van der Waals surface area contributed by atoms with Crippen LogP contribution in [0.3, 0.4) is 0 Å². The smallest absolute Gasteiger partial charge is 0.287 e. The van der Waals surface area contributed by atoms with Crippen LogP contribution in [0, 0.1) is 23.2 Å². The molecule has 0 radical (unpaired) electrons. The largest absolute Gasteiger partial charge is 0.486 e. The number of benzene rings is 1. The molecule has 4 nitrogen and oxygen atoms in total. The van der Waals surface area contributed by atoms with Crippen molar-refractivity contribution in [3.05, 3.63) is 53.5 Å². The van der Waals surface area contributed by atoms with E-state index in [0.717, 1.165) is 30.0 Å². The van der Waals surface area contributed by atoms with Gasteiger partial charge in [-0.2, -0.15) is 0 Å². The van der Waals surface area contributed by atoms with Crippen molar-refractivity contribution in [1.29, 1.82) is 0 Å². The maximum absolute atomic E-state index is 12.7. The average Bonchev–Trinajstić information content (AvgIpc) is 3.19. The maximum Gasteiger partial charge on any atom is 0.287 e. The molecule has 6 rings (SSSR count). The summed E-state index contributed by atoms with van der Waals surface area (Å²) in [7, 11) is 0. The molecule has 1 aromatic heterocycles. The molecule has 30 heavy (non-hydrogen) atoms. The number of rotatable bonds is 7. The molecule has 4 bridgehead atoms. The standard InChI is InChI=1S/C26H33NO3/c1-17(2)21-3-5-22(6-4-21)29-15-23-7-8-24(30-23)25(28)27-16-26-12-18-9-19(13-26)11-20(10-18)14-26/h3-8,17-20H,9-16H2,1-2H3,(H,27,28). The molecule has 4 fully saturated rings. The molecule has 0 spiro atoms. The first-order chi connectivity index (χ1) is 14.5. The summed E-state index contributed by atoms with van der Waals surface area (Å²) in [4.78, 5) is 12.7. The molecule has 4 saturated carbocycles. The minimum atomic E-state index is -0.0988. The van der Waals surface area contributed by atoms with Crippen LogP contribution in [0.25, 0.3) is 0 Å². The van der Waals surface area contributed by atoms with Crippen molar-refractivity contribution in [2.75, 3.05) is 6.54 Å². The second-order valence-electron chi connectivity index (χ2n) is 10.4. The van der Waals surface area contributed by atoms with Crippen molar-refractivity contribution < 1.29 is 13.9 Å². The highest BCUT2D eigenvalue weighted by atomic mass is 16.5. The second-order valence-corrected chi connectivity index (χ2v) is 10.4. The van der Waals surface area contributed by atoms with Gasteiger partial charge in [0.25, 0.3) is 5.91 Å². The Morgan fingerprint density at radius 1 is 1.03 bits per heavy atom. The van der Waals surface area contributed by atoms with Crippen molar-refractivity contribution in [3.8, 4) is 5.75 Å². The Labute approximate surface area is 179 Å². The maximum atomic E-state index is 12.7. The molecule has 0 atom stereocenters. The van der Waals surface area contributed by atoms with Gasteiger partial charge in [-0.3, -0.25) is 4.79 Å². The minimum Gasteiger partial charge on any atom is -0.486 e. The molecule has 1 N–H and O–H groups in total. The third-order valence-electron chi connectivity index (χ3n) is 7.60. The molecule has 0 saturated heterocycles. The topological polar surface area (TPSA) is 51.5 Å². The highest BCUT2D eigenvalue weighted by Crippen LogP contribution is 2.59. The monoisotopic (exact) mass is 407 g/mol. The predicted molar refractivity (Wildman–Crippen MR) is 117 cm³/mol. The van der Waals surface area contributed by atoms with Gasteiger partial charge in [-0.05, 0) is 97.4 Å². The number of ether oxygens (including phenoxy) is 1. The van der Waals surface area contributed by atoms with Crippen LogP contribution in [-0.4, -0.2) is 12.5 Å². The minimum absolute atomic E-state index is 0.0988. The van der Waals surface area contributed by atoms with E-state index in [4.69, 9.17) is 9.15 Å². The molecule has 0 aliphatic heterocycles. The van der Waals surface area contributed by atoms with Crippen LogP contribution in [-0.2, 0) is 6.61 Å². The fraction of sp³-hybridized carbons (Fsp3) is 0.577. The lowest BCUT2D eigenvalue weighted by Gasteiger charge is -2.56. The summed E-state index contributed by atoms with van der Waals surface area (Å²) >= 11 is 0. The van der Waals surface area contributed by atoms with Crippen LogP contribution >= 0.6 is 0 Å². The van der Waals surface area contributed by atoms with E-state index >= 15 is 0 Å². The van der Waals surface area contributed by atoms with Crippen molar-refractivity contribution in [2.45, 2.75) is 64.9 Å². The predicted octanol–water partition coefficient (Wildman–Crippen LogP) is 5.93. The zero-order chi connectivity index (χ0) is 20.7. The fourth-order valence-electron chi connectivity index (χ4n) is 6.54. The third-order valence-corrected chi connectivity index (χ3v) is 7.60. The summed E-state index contributed by atoms with van der Waals surface area (Å²) in [6, 6.07) is 11.7. The van der Waals surface area contributed by atoms with Crippen LogP contribution in [0.2, 0.25) is 0 Å². The first-order valence-electron chi connectivity index (χ1n) is 11.6. The molecule has 1 aromatic carbocycles. The van der Waals surface area contributed by atoms with Gasteiger partial charge in [0.05, 0.1) is 0 Å². The molecule has 4 aliphatic rings. The van der Waals surface area contributed by atoms with E-state index in [2.05, 4.69) is 31.3 Å². The van der Waals surface area contributed by atoms with E-state index in [0.29, 0.717) is 29.5 Å². The average molecular weight is 408 g/mol. The first kappa shape index (κ1) is 19.7. The third kappa shape index (κ3) is 4.01. The first-order valence-corrected chi connectivity index (χ1v) is 11.6. The van der Waals surface area contributed by atoms with Crippen molar-refractivity contribution >= 4 is 5.91 Å². The Morgan fingerprint density at radius 3 is 2.27 bits per heavy atom. The van der Waals surface area contributed by atoms with Gasteiger partial charge < -0.3 is 14.5 Å². The zero-order valence-corrected chi connectivity index (χ0v) is 18.2. The molecule has 2 aromatic rings. The summed E-state index contributed by atoms with van der Waals surface area (Å²) in [5, 5.41) is 3.19. The van der Waals surface area contributed by atoms with Crippen molar-refractivity contribution in [1.82, 2.24) is 5.32 Å². The Hall–Kier alpha value is -2.23. The van der Waals surface area contributed by atoms with Gasteiger partial charge in [0, 0.05) is 6.54 Å². The van der Waals surface area contributed by atoms with Gasteiger partial charge in [-0.1, -0.05) is 26.0 Å². The molecule has 160 valence electrons. The van der Waals surface area contributed by atoms with Crippen LogP contribution in [0.4, 0.5) is 0 Å². The summed E-state index contributed by atoms with van der Waals surface area (Å²) in [6.07, 6.45) is 8.17. The number of hydrogen-bond donors (Lipinski definition) is 1. The summed E-state index contributed by atoms with van der Waals surface area (Å²) in [5.41, 5.74) is 1.63. The van der Waals surface area contributed by atoms with Gasteiger partial charge in [0.1, 0.15) is 18.1 Å². The van der Waals surface area contributed by atoms with E-state index in [9.17, 15) is 4.79 Å². The normalized spacial score (nSPS) is 29.4. The van der Waals surface area contributed by atoms with Crippen molar-refractivity contribution in [2.24, 2.45) is 23.2 Å². The van der Waals surface area contributed by atoms with Crippen LogP contribution in [0.15, 0.2) is 40.8 Å². The van der Waals surface area contributed by atoms with Crippen LogP contribution < -0.4 is 10.1 Å². The Bertz CT molecular complexity index is 860. The van der Waals surface area contributed by atoms with Gasteiger partial charge in [0.2, 0.25) is 0 Å². The number of furan rings is 1. The quantitative estimate of drug-likeness (QED) is 0.619. The molecule has 4 heteroatoms. The van der Waals surface area contributed by atoms with Crippen LogP contribution in [0.1, 0.15) is 80.2 Å². The highest BCUT2D eigenvalue weighted by Gasteiger charge is 2.50. The summed E-state index contributed by atoms with van der Waals surface area (Å²) in [6.45, 7) is 5.47. The number of carbonyl (C=O) groups excluding carboxylic acids is 1. The molecule has 4 aliphatic carbocycles. The van der Waals surface area contributed by atoms with Gasteiger partial charge in [-0.25, -0.2) is 0 Å². The van der Waals surface area contributed by atoms with Crippen molar-refractivity contribution in [3.63, 3.8) is 0 Å². The lowest BCUT2D eigenvalue weighted by atomic mass is 9.49. The van der Waals surface area contributed by atoms with Crippen LogP contribution in [0.5, 0.6) is 5.75 Å².